The maximum Gasteiger partial charge on any atom is 0.262 e. The van der Waals surface area contributed by atoms with Gasteiger partial charge in [-0.05, 0) is 160 Å². The number of hydrogen-bond donors (Lipinski definition) is 6. The van der Waals surface area contributed by atoms with Gasteiger partial charge in [0, 0.05) is 152 Å². The highest BCUT2D eigenvalue weighted by Gasteiger charge is 2.48. The van der Waals surface area contributed by atoms with Crippen LogP contribution in [-0.4, -0.2) is 260 Å². The van der Waals surface area contributed by atoms with Gasteiger partial charge >= 0.3 is 0 Å². The maximum atomic E-state index is 13.4. The fourth-order valence-electron chi connectivity index (χ4n) is 19.6. The SMILES string of the molecule is Nc1ncnc2c1c(-c1ccc(Oc3ccccc3)cc1)cn2C1CCC(N2CCN(CCOCCNC(=O)CCc3cccc4c3C(=O)N(C3CCC(=O)NC3=O)C4=O)CC2)CC1.Nc1ncnc2c1c(-c1ccc(Oc3ccccc3)cc1)cn2C1CCC(N2CCN(CCOCCOCCNC(=O)CCc3cccc4c3C(=O)N(C3CCC(=O)NC3=O)C4=O)CC2)CC1. The predicted molar refractivity (Wildman–Crippen MR) is 488 cm³/mol. The number of benzene rings is 6. The number of nitrogens with two attached hydrogens (primary N) is 2. The number of piperazine rings is 2. The van der Waals surface area contributed by atoms with Gasteiger partial charge < -0.3 is 54.9 Å². The normalized spacial score (nSPS) is 20.5. The number of carbonyl (C=O) groups excluding carboxylic acids is 10. The topological polar surface area (TPSA) is 398 Å². The number of nitrogens with zero attached hydrogens (tertiary/aromatic N) is 12. The van der Waals surface area contributed by atoms with Crippen molar-refractivity contribution in [3.63, 3.8) is 0 Å². The minimum absolute atomic E-state index is 0.0476. The van der Waals surface area contributed by atoms with Gasteiger partial charge in [0.25, 0.3) is 23.6 Å². The zero-order chi connectivity index (χ0) is 90.4. The van der Waals surface area contributed by atoms with E-state index in [4.69, 9.17) is 45.1 Å². The summed E-state index contributed by atoms with van der Waals surface area (Å²) in [5.74, 6) is -0.755. The molecular formula is C98H110N18O15. The van der Waals surface area contributed by atoms with Gasteiger partial charge in [0.05, 0.1) is 72.7 Å². The van der Waals surface area contributed by atoms with Crippen LogP contribution in [0.4, 0.5) is 11.6 Å². The van der Waals surface area contributed by atoms with Crippen LogP contribution in [0.2, 0.25) is 0 Å². The largest absolute Gasteiger partial charge is 0.457 e. The first-order valence-corrected chi connectivity index (χ1v) is 45.7. The number of amides is 10. The van der Waals surface area contributed by atoms with Crippen molar-refractivity contribution >= 4 is 92.8 Å². The number of ether oxygens (including phenoxy) is 5. The van der Waals surface area contributed by atoms with E-state index in [9.17, 15) is 47.9 Å². The van der Waals surface area contributed by atoms with Gasteiger partial charge in [-0.2, -0.15) is 0 Å². The van der Waals surface area contributed by atoms with Crippen LogP contribution in [0.15, 0.2) is 171 Å². The van der Waals surface area contributed by atoms with Crippen molar-refractivity contribution in [1.82, 2.24) is 79.7 Å². The summed E-state index contributed by atoms with van der Waals surface area (Å²) in [6, 6.07) is 45.3. The lowest BCUT2D eigenvalue weighted by atomic mass is 9.89. The Morgan fingerprint density at radius 1 is 0.389 bits per heavy atom. The molecule has 4 aromatic heterocycles. The van der Waals surface area contributed by atoms with Gasteiger partial charge in [-0.25, -0.2) is 19.9 Å². The number of nitrogen functional groups attached to an aromatic ring is 2. The predicted octanol–water partition coefficient (Wildman–Crippen LogP) is 9.50. The Morgan fingerprint density at radius 3 is 1.16 bits per heavy atom. The minimum Gasteiger partial charge on any atom is -0.457 e. The van der Waals surface area contributed by atoms with Crippen LogP contribution >= 0.6 is 0 Å². The Kier molecular flexibility index (Phi) is 28.7. The summed E-state index contributed by atoms with van der Waals surface area (Å²) < 4.78 is 34.1. The molecule has 33 nitrogen and oxygen atoms in total. The van der Waals surface area contributed by atoms with Gasteiger partial charge in [-0.15, -0.1) is 0 Å². The molecule has 10 heterocycles. The second-order valence-electron chi connectivity index (χ2n) is 34.5. The van der Waals surface area contributed by atoms with Crippen molar-refractivity contribution in [1.29, 1.82) is 0 Å². The van der Waals surface area contributed by atoms with E-state index in [0.717, 1.165) is 194 Å². The third-order valence-electron chi connectivity index (χ3n) is 26.5. The van der Waals surface area contributed by atoms with Gasteiger partial charge in [-0.3, -0.25) is 88.0 Å². The average molecular weight is 1780 g/mol. The molecule has 6 aromatic carbocycles. The fourth-order valence-corrected chi connectivity index (χ4v) is 19.6. The molecule has 2 atom stereocenters. The van der Waals surface area contributed by atoms with Crippen LogP contribution in [-0.2, 0) is 55.8 Å². The van der Waals surface area contributed by atoms with Crippen LogP contribution in [0.3, 0.4) is 0 Å². The number of rotatable bonds is 33. The van der Waals surface area contributed by atoms with Crippen molar-refractivity contribution < 1.29 is 71.6 Å². The zero-order valence-corrected chi connectivity index (χ0v) is 73.3. The van der Waals surface area contributed by atoms with E-state index in [1.54, 1.807) is 49.1 Å². The molecule has 2 aliphatic carbocycles. The standard InChI is InChI=1S/C50H57N9O8.C48H53N9O7/c51-46-45-40(33-9-16-38(17-10-33)67-37-6-2-1-3-7-37)31-58(47(45)54-32-53-46)36-14-12-35(13-15-36)57-24-22-56(23-25-57)26-28-66-30-29-65-27-21-52-42(60)19-11-34-5-4-8-39-44(34)50(64)59(49(39)63)41-18-20-43(61)55-48(41)62;49-44-43-38(31-9-16-36(17-10-31)64-35-6-2-1-3-7-35)29-56(45(43)52-30-51-44)34-14-12-33(13-15-34)55-24-22-54(23-25-55)26-28-63-27-21-50-40(58)19-11-32-5-4-8-37-42(32)48(62)57(47(37)61)39-18-20-41(59)53-46(39)60/h1-10,16-17,31-32,35-36,41H,11-15,18-30H2,(H,52,60)(H2,51,53,54)(H,55,61,62);1-10,16-17,29-30,33-34,39H,11-15,18-28H2,(H,50,58)(H2,49,51,52)(H,53,59,60). The summed E-state index contributed by atoms with van der Waals surface area (Å²) in [6.45, 7) is 13.3. The van der Waals surface area contributed by atoms with E-state index < -0.39 is 59.3 Å². The molecule has 8 N–H and O–H groups in total. The Labute approximate surface area is 758 Å². The highest BCUT2D eigenvalue weighted by Crippen LogP contribution is 2.43. The molecule has 4 saturated heterocycles. The number of aromatic nitrogens is 6. The first-order valence-electron chi connectivity index (χ1n) is 45.7. The number of nitrogens with one attached hydrogen (secondary N) is 4. The number of hydrogen-bond acceptors (Lipinski definition) is 25. The first-order chi connectivity index (χ1) is 63.9. The quantitative estimate of drug-likeness (QED) is 0.0165. The van der Waals surface area contributed by atoms with E-state index in [1.165, 1.54) is 0 Å². The van der Waals surface area contributed by atoms with E-state index in [0.29, 0.717) is 99.7 Å². The van der Waals surface area contributed by atoms with Crippen LogP contribution in [0.1, 0.15) is 155 Å². The summed E-state index contributed by atoms with van der Waals surface area (Å²) in [7, 11) is 0. The van der Waals surface area contributed by atoms with Crippen LogP contribution in [0.25, 0.3) is 44.3 Å². The van der Waals surface area contributed by atoms with E-state index >= 15 is 0 Å². The third kappa shape index (κ3) is 20.9. The molecule has 682 valence electrons. The monoisotopic (exact) mass is 1780 g/mol. The number of anilines is 2. The highest BCUT2D eigenvalue weighted by atomic mass is 16.5. The molecule has 10 amide bonds. The molecule has 6 fully saturated rings. The number of aryl methyl sites for hydroxylation is 2. The molecule has 33 heteroatoms. The molecule has 0 radical (unpaired) electrons. The van der Waals surface area contributed by atoms with Crippen molar-refractivity contribution in [3.05, 3.63) is 204 Å². The number of piperidine rings is 2. The average Bonchev–Trinajstić information content (AvgIpc) is 1.64. The fraction of sp³-hybridized carbons (Fsp3) is 0.408. The van der Waals surface area contributed by atoms with Crippen molar-refractivity contribution in [2.45, 2.75) is 139 Å². The van der Waals surface area contributed by atoms with Crippen LogP contribution < -0.4 is 42.2 Å². The summed E-state index contributed by atoms with van der Waals surface area (Å²) in [5, 5.41) is 11.9. The lowest BCUT2D eigenvalue weighted by molar-refractivity contribution is -0.137. The lowest BCUT2D eigenvalue weighted by Crippen LogP contribution is -2.54. The molecule has 0 bridgehead atoms. The second-order valence-corrected chi connectivity index (χ2v) is 34.5. The van der Waals surface area contributed by atoms with Crippen molar-refractivity contribution in [3.8, 4) is 45.3 Å². The van der Waals surface area contributed by atoms with Crippen molar-refractivity contribution in [2.24, 2.45) is 0 Å². The molecular weight excluding hydrogens is 1670 g/mol. The molecule has 18 rings (SSSR count). The highest BCUT2D eigenvalue weighted by molar-refractivity contribution is 6.25. The number of fused-ring (bicyclic) bond motifs is 4. The summed E-state index contributed by atoms with van der Waals surface area (Å²) >= 11 is 0. The number of imide groups is 4. The van der Waals surface area contributed by atoms with E-state index in [-0.39, 0.29) is 85.4 Å². The molecule has 8 aliphatic rings. The molecule has 0 spiro atoms. The summed E-state index contributed by atoms with van der Waals surface area (Å²) in [5.41, 5.74) is 20.8. The zero-order valence-electron chi connectivity index (χ0n) is 73.3. The lowest BCUT2D eigenvalue weighted by Gasteiger charge is -2.42. The van der Waals surface area contributed by atoms with Gasteiger partial charge in [0.15, 0.2) is 0 Å². The smallest absolute Gasteiger partial charge is 0.262 e. The molecule has 2 saturated carbocycles. The first kappa shape index (κ1) is 89.9. The molecule has 2 unspecified atom stereocenters. The Morgan fingerprint density at radius 2 is 0.763 bits per heavy atom. The second kappa shape index (κ2) is 41.8. The molecule has 131 heavy (non-hydrogen) atoms. The third-order valence-corrected chi connectivity index (χ3v) is 26.5. The number of para-hydroxylation sites is 2. The van der Waals surface area contributed by atoms with Crippen molar-refractivity contribution in [2.75, 3.05) is 130 Å². The Hall–Kier alpha value is -13.0. The Balaban J connectivity index is 0.000000183. The summed E-state index contributed by atoms with van der Waals surface area (Å²) in [6.07, 6.45) is 17.3. The van der Waals surface area contributed by atoms with Gasteiger partial charge in [-0.1, -0.05) is 84.9 Å². The Bertz CT molecular complexity index is 5820. The summed E-state index contributed by atoms with van der Waals surface area (Å²) in [4.78, 5) is 157. The number of carbonyl (C=O) groups is 10. The van der Waals surface area contributed by atoms with Gasteiger partial charge in [0.1, 0.15) is 70.7 Å². The maximum absolute atomic E-state index is 13.4. The molecule has 6 aliphatic heterocycles. The van der Waals surface area contributed by atoms with Gasteiger partial charge in [0.2, 0.25) is 35.4 Å². The minimum atomic E-state index is -1.04. The van der Waals surface area contributed by atoms with Crippen LogP contribution in [0, 0.1) is 0 Å². The molecule has 10 aromatic rings. The van der Waals surface area contributed by atoms with E-state index in [2.05, 4.69) is 96.6 Å². The van der Waals surface area contributed by atoms with Crippen LogP contribution in [0.5, 0.6) is 23.0 Å². The van der Waals surface area contributed by atoms with E-state index in [1.807, 2.05) is 84.9 Å².